The average Bonchev–Trinajstić information content (AvgIpc) is 3.10. The van der Waals surface area contributed by atoms with Gasteiger partial charge in [-0.05, 0) is 24.5 Å². The average molecular weight is 405 g/mol. The Bertz CT molecular complexity index is 860. The molecule has 1 N–H and O–H groups in total. The van der Waals surface area contributed by atoms with Crippen molar-refractivity contribution in [3.8, 4) is 0 Å². The first kappa shape index (κ1) is 19.1. The van der Waals surface area contributed by atoms with Crippen LogP contribution in [0.2, 0.25) is 0 Å². The van der Waals surface area contributed by atoms with Crippen LogP contribution in [0.15, 0.2) is 35.4 Å². The third-order valence-electron chi connectivity index (χ3n) is 4.12. The highest BCUT2D eigenvalue weighted by molar-refractivity contribution is 7.89. The molecule has 1 saturated heterocycles. The van der Waals surface area contributed by atoms with Gasteiger partial charge < -0.3 is 5.32 Å². The minimum atomic E-state index is -4.44. The lowest BCUT2D eigenvalue weighted by Crippen LogP contribution is -2.36. The highest BCUT2D eigenvalue weighted by atomic mass is 32.2. The number of sulfonamides is 1. The van der Waals surface area contributed by atoms with Crippen LogP contribution in [0.5, 0.6) is 0 Å². The lowest BCUT2D eigenvalue weighted by atomic mass is 10.2. The second-order valence-corrected chi connectivity index (χ2v) is 8.89. The Labute approximate surface area is 153 Å². The predicted molar refractivity (Wildman–Crippen MR) is 93.5 cm³/mol. The number of hydrogen-bond acceptors (Lipinski definition) is 5. The summed E-state index contributed by atoms with van der Waals surface area (Å²) in [5.41, 5.74) is 0.502. The van der Waals surface area contributed by atoms with Crippen LogP contribution in [0.25, 0.3) is 0 Å². The number of nitrogens with one attached hydrogen (secondary N) is 1. The minimum absolute atomic E-state index is 0.0774. The maximum absolute atomic E-state index is 12.9. The van der Waals surface area contributed by atoms with Crippen molar-refractivity contribution < 1.29 is 21.6 Å². The third kappa shape index (κ3) is 4.18. The van der Waals surface area contributed by atoms with Crippen LogP contribution in [-0.2, 0) is 22.7 Å². The molecule has 1 aromatic heterocycles. The number of hydrogen-bond donors (Lipinski definition) is 1. The van der Waals surface area contributed by atoms with Crippen molar-refractivity contribution >= 4 is 26.5 Å². The van der Waals surface area contributed by atoms with Crippen molar-refractivity contribution in [1.29, 1.82) is 0 Å². The summed E-state index contributed by atoms with van der Waals surface area (Å²) in [5.74, 6) is 0. The minimum Gasteiger partial charge on any atom is -0.357 e. The van der Waals surface area contributed by atoms with Crippen LogP contribution < -0.4 is 5.32 Å². The van der Waals surface area contributed by atoms with Gasteiger partial charge in [0.25, 0.3) is 0 Å². The molecule has 5 nitrogen and oxygen atoms in total. The maximum Gasteiger partial charge on any atom is 0.427 e. The SMILES string of the molecule is O=S(=O)(c1ccccc1CNc1ncc(C(F)(F)F)s1)N1CCCCC1. The van der Waals surface area contributed by atoms with Crippen LogP contribution in [0.3, 0.4) is 0 Å². The number of aromatic nitrogens is 1. The molecule has 26 heavy (non-hydrogen) atoms. The van der Waals surface area contributed by atoms with Gasteiger partial charge in [0.05, 0.1) is 11.1 Å². The van der Waals surface area contributed by atoms with Crippen molar-refractivity contribution in [2.24, 2.45) is 0 Å². The molecular formula is C16H18F3N3O2S2. The van der Waals surface area contributed by atoms with E-state index in [0.717, 1.165) is 25.5 Å². The highest BCUT2D eigenvalue weighted by Gasteiger charge is 2.33. The zero-order valence-electron chi connectivity index (χ0n) is 13.8. The molecule has 0 amide bonds. The first-order valence-electron chi connectivity index (χ1n) is 8.13. The molecule has 1 aromatic carbocycles. The third-order valence-corrected chi connectivity index (χ3v) is 7.12. The van der Waals surface area contributed by atoms with E-state index in [1.807, 2.05) is 0 Å². The summed E-state index contributed by atoms with van der Waals surface area (Å²) in [5, 5.41) is 2.89. The fraction of sp³-hybridized carbons (Fsp3) is 0.438. The molecule has 3 rings (SSSR count). The topological polar surface area (TPSA) is 62.3 Å². The summed E-state index contributed by atoms with van der Waals surface area (Å²) < 4.78 is 65.2. The normalized spacial score (nSPS) is 16.6. The lowest BCUT2D eigenvalue weighted by molar-refractivity contribution is -0.134. The van der Waals surface area contributed by atoms with Gasteiger partial charge in [-0.1, -0.05) is 36.0 Å². The van der Waals surface area contributed by atoms with Crippen LogP contribution >= 0.6 is 11.3 Å². The Balaban J connectivity index is 1.78. The summed E-state index contributed by atoms with van der Waals surface area (Å²) in [6, 6.07) is 6.53. The van der Waals surface area contributed by atoms with E-state index in [9.17, 15) is 21.6 Å². The first-order chi connectivity index (χ1) is 12.3. The summed E-state index contributed by atoms with van der Waals surface area (Å²) in [7, 11) is -3.62. The number of anilines is 1. The van der Waals surface area contributed by atoms with Gasteiger partial charge in [-0.3, -0.25) is 0 Å². The summed E-state index contributed by atoms with van der Waals surface area (Å²) in [6.07, 6.45) is -0.991. The zero-order chi connectivity index (χ0) is 18.8. The Morgan fingerprint density at radius 3 is 2.50 bits per heavy atom. The lowest BCUT2D eigenvalue weighted by Gasteiger charge is -2.26. The van der Waals surface area contributed by atoms with E-state index < -0.39 is 21.1 Å². The Hall–Kier alpha value is -1.65. The van der Waals surface area contributed by atoms with Crippen LogP contribution in [0.4, 0.5) is 18.3 Å². The number of piperidine rings is 1. The fourth-order valence-corrected chi connectivity index (χ4v) is 5.22. The standard InChI is InChI=1S/C16H18F3N3O2S2/c17-16(18,19)14-11-21-15(25-14)20-10-12-6-2-3-7-13(12)26(23,24)22-8-4-1-5-9-22/h2-3,6-7,11H,1,4-5,8-10H2,(H,20,21). The number of nitrogens with zero attached hydrogens (tertiary/aromatic N) is 2. The molecule has 2 heterocycles. The van der Waals surface area contributed by atoms with Gasteiger partial charge in [-0.2, -0.15) is 17.5 Å². The Morgan fingerprint density at radius 2 is 1.85 bits per heavy atom. The number of thiazole rings is 1. The second-order valence-electron chi connectivity index (χ2n) is 5.95. The van der Waals surface area contributed by atoms with Crippen molar-refractivity contribution in [2.75, 3.05) is 18.4 Å². The van der Waals surface area contributed by atoms with Gasteiger partial charge in [0.2, 0.25) is 10.0 Å². The fourth-order valence-electron chi connectivity index (χ4n) is 2.80. The molecule has 0 radical (unpaired) electrons. The number of halogens is 3. The van der Waals surface area contributed by atoms with E-state index >= 15 is 0 Å². The summed E-state index contributed by atoms with van der Waals surface area (Å²) in [4.78, 5) is 3.09. The van der Waals surface area contributed by atoms with Gasteiger partial charge in [0, 0.05) is 19.6 Å². The second kappa shape index (κ2) is 7.53. The molecule has 0 bridgehead atoms. The Kier molecular flexibility index (Phi) is 5.54. The molecule has 1 aliphatic heterocycles. The van der Waals surface area contributed by atoms with E-state index in [-0.39, 0.29) is 16.6 Å². The maximum atomic E-state index is 12.9. The zero-order valence-corrected chi connectivity index (χ0v) is 15.4. The molecular weight excluding hydrogens is 387 g/mol. The molecule has 1 aliphatic rings. The van der Waals surface area contributed by atoms with Crippen LogP contribution in [0, 0.1) is 0 Å². The molecule has 142 valence electrons. The molecule has 0 aliphatic carbocycles. The molecule has 0 unspecified atom stereocenters. The van der Waals surface area contributed by atoms with Gasteiger partial charge >= 0.3 is 6.18 Å². The van der Waals surface area contributed by atoms with E-state index in [1.54, 1.807) is 18.2 Å². The summed E-state index contributed by atoms with van der Waals surface area (Å²) >= 11 is 0.493. The van der Waals surface area contributed by atoms with Crippen LogP contribution in [-0.4, -0.2) is 30.8 Å². The molecule has 0 spiro atoms. The Morgan fingerprint density at radius 1 is 1.15 bits per heavy atom. The molecule has 0 atom stereocenters. The van der Waals surface area contributed by atoms with E-state index in [2.05, 4.69) is 10.3 Å². The van der Waals surface area contributed by atoms with E-state index in [4.69, 9.17) is 0 Å². The quantitative estimate of drug-likeness (QED) is 0.818. The van der Waals surface area contributed by atoms with Gasteiger partial charge in [-0.25, -0.2) is 13.4 Å². The summed E-state index contributed by atoms with van der Waals surface area (Å²) in [6.45, 7) is 1.06. The van der Waals surface area contributed by atoms with Crippen molar-refractivity contribution in [3.05, 3.63) is 40.9 Å². The molecule has 10 heteroatoms. The van der Waals surface area contributed by atoms with Gasteiger partial charge in [0.1, 0.15) is 4.88 Å². The molecule has 0 saturated carbocycles. The molecule has 1 fully saturated rings. The highest BCUT2D eigenvalue weighted by Crippen LogP contribution is 2.35. The number of rotatable bonds is 5. The number of benzene rings is 1. The molecule has 2 aromatic rings. The smallest absolute Gasteiger partial charge is 0.357 e. The van der Waals surface area contributed by atoms with E-state index in [1.165, 1.54) is 10.4 Å². The monoisotopic (exact) mass is 405 g/mol. The van der Waals surface area contributed by atoms with Gasteiger partial charge in [0.15, 0.2) is 5.13 Å². The first-order valence-corrected chi connectivity index (χ1v) is 10.4. The van der Waals surface area contributed by atoms with Crippen molar-refractivity contribution in [1.82, 2.24) is 9.29 Å². The van der Waals surface area contributed by atoms with Crippen molar-refractivity contribution in [3.63, 3.8) is 0 Å². The predicted octanol–water partition coefficient (Wildman–Crippen LogP) is 3.95. The van der Waals surface area contributed by atoms with Crippen molar-refractivity contribution in [2.45, 2.75) is 36.9 Å². The van der Waals surface area contributed by atoms with Gasteiger partial charge in [-0.15, -0.1) is 0 Å². The number of alkyl halides is 3. The van der Waals surface area contributed by atoms with Crippen LogP contribution in [0.1, 0.15) is 29.7 Å². The largest absolute Gasteiger partial charge is 0.427 e. The van der Waals surface area contributed by atoms with E-state index in [0.29, 0.717) is 30.0 Å².